The van der Waals surface area contributed by atoms with Gasteiger partial charge in [0.2, 0.25) is 0 Å². The van der Waals surface area contributed by atoms with Crippen LogP contribution in [-0.2, 0) is 4.79 Å². The summed E-state index contributed by atoms with van der Waals surface area (Å²) in [5.41, 5.74) is 0.911. The zero-order valence-electron chi connectivity index (χ0n) is 7.84. The van der Waals surface area contributed by atoms with Crippen molar-refractivity contribution in [2.75, 3.05) is 5.75 Å². The number of hydrogen-bond acceptors (Lipinski definition) is 5. The van der Waals surface area contributed by atoms with Gasteiger partial charge in [-0.15, -0.1) is 22.7 Å². The fraction of sp³-hybridized carbons (Fsp3) is 0.111. The predicted octanol–water partition coefficient (Wildman–Crippen LogP) is 3.81. The summed E-state index contributed by atoms with van der Waals surface area (Å²) < 4.78 is 1.84. The van der Waals surface area contributed by atoms with Gasteiger partial charge in [-0.1, -0.05) is 11.8 Å². The molecule has 0 unspecified atom stereocenters. The van der Waals surface area contributed by atoms with Gasteiger partial charge in [0.1, 0.15) is 0 Å². The lowest BCUT2D eigenvalue weighted by Crippen LogP contribution is -1.96. The lowest BCUT2D eigenvalue weighted by atomic mass is 10.4. The highest BCUT2D eigenvalue weighted by Crippen LogP contribution is 2.33. The van der Waals surface area contributed by atoms with Crippen molar-refractivity contribution in [1.29, 1.82) is 0 Å². The first-order valence-electron chi connectivity index (χ1n) is 4.19. The molecule has 0 amide bonds. The van der Waals surface area contributed by atoms with Gasteiger partial charge in [0.05, 0.1) is 16.3 Å². The number of carboxylic acid groups (broad SMARTS) is 1. The van der Waals surface area contributed by atoms with Crippen molar-refractivity contribution in [1.82, 2.24) is 4.98 Å². The first kappa shape index (κ1) is 12.1. The number of thioether (sulfide) groups is 1. The molecule has 7 heteroatoms. The summed E-state index contributed by atoms with van der Waals surface area (Å²) in [6.07, 6.45) is 0. The fourth-order valence-electron chi connectivity index (χ4n) is 1.01. The number of thiophene rings is 1. The number of aromatic nitrogens is 1. The molecule has 0 saturated heterocycles. The molecule has 0 atom stereocenters. The molecule has 0 aliphatic rings. The summed E-state index contributed by atoms with van der Waals surface area (Å²) >= 11 is 7.73. The van der Waals surface area contributed by atoms with Gasteiger partial charge in [-0.05, 0) is 22.0 Å². The normalized spacial score (nSPS) is 10.6. The van der Waals surface area contributed by atoms with Gasteiger partial charge < -0.3 is 5.11 Å². The number of rotatable bonds is 4. The van der Waals surface area contributed by atoms with Gasteiger partial charge in [0.25, 0.3) is 0 Å². The molecule has 0 spiro atoms. The van der Waals surface area contributed by atoms with Crippen molar-refractivity contribution >= 4 is 56.3 Å². The molecule has 1 N–H and O–H groups in total. The lowest BCUT2D eigenvalue weighted by Gasteiger charge is -1.90. The van der Waals surface area contributed by atoms with Crippen LogP contribution in [0.15, 0.2) is 25.6 Å². The summed E-state index contributed by atoms with van der Waals surface area (Å²) in [6, 6.07) is 2.01. The molecule has 2 aromatic heterocycles. The van der Waals surface area contributed by atoms with E-state index in [1.165, 1.54) is 23.1 Å². The molecule has 2 aromatic rings. The number of thiazole rings is 1. The molecular weight excluding hydrogens is 330 g/mol. The Bertz CT molecular complexity index is 508. The van der Waals surface area contributed by atoms with Gasteiger partial charge in [0.15, 0.2) is 4.34 Å². The van der Waals surface area contributed by atoms with Gasteiger partial charge in [-0.25, -0.2) is 4.98 Å². The molecule has 0 saturated carbocycles. The number of halogens is 1. The van der Waals surface area contributed by atoms with Crippen LogP contribution in [0.3, 0.4) is 0 Å². The van der Waals surface area contributed by atoms with Crippen molar-refractivity contribution in [3.05, 3.63) is 21.3 Å². The average molecular weight is 336 g/mol. The molecule has 2 rings (SSSR count). The van der Waals surface area contributed by atoms with E-state index in [0.29, 0.717) is 0 Å². The van der Waals surface area contributed by atoms with E-state index in [1.807, 2.05) is 16.8 Å². The minimum atomic E-state index is -0.819. The monoisotopic (exact) mass is 335 g/mol. The number of hydrogen-bond donors (Lipinski definition) is 1. The first-order chi connectivity index (χ1) is 7.65. The maximum absolute atomic E-state index is 10.4. The molecule has 16 heavy (non-hydrogen) atoms. The van der Waals surface area contributed by atoms with Crippen molar-refractivity contribution in [2.24, 2.45) is 0 Å². The quantitative estimate of drug-likeness (QED) is 0.863. The zero-order chi connectivity index (χ0) is 11.5. The van der Waals surface area contributed by atoms with Crippen LogP contribution in [0.2, 0.25) is 0 Å². The van der Waals surface area contributed by atoms with Gasteiger partial charge >= 0.3 is 5.97 Å². The van der Waals surface area contributed by atoms with Gasteiger partial charge in [0, 0.05) is 15.2 Å². The van der Waals surface area contributed by atoms with Crippen LogP contribution in [0, 0.1) is 0 Å². The second-order valence-corrected chi connectivity index (χ2v) is 6.72. The largest absolute Gasteiger partial charge is 0.481 e. The standard InChI is InChI=1S/C9H6BrNO2S3/c10-5-1-7(14-2-5)6-3-15-9(11-6)16-4-8(12)13/h1-3H,4H2,(H,12,13). The Kier molecular flexibility index (Phi) is 4.01. The van der Waals surface area contributed by atoms with Crippen molar-refractivity contribution in [3.8, 4) is 10.6 Å². The van der Waals surface area contributed by atoms with E-state index in [-0.39, 0.29) is 5.75 Å². The predicted molar refractivity (Wildman–Crippen MR) is 71.5 cm³/mol. The molecule has 2 heterocycles. The molecule has 84 valence electrons. The molecular formula is C9H6BrNO2S3. The SMILES string of the molecule is O=C(O)CSc1nc(-c2cc(Br)cs2)cs1. The molecule has 0 radical (unpaired) electrons. The van der Waals surface area contributed by atoms with Gasteiger partial charge in [-0.3, -0.25) is 4.79 Å². The number of carbonyl (C=O) groups is 1. The van der Waals surface area contributed by atoms with Crippen LogP contribution in [0.4, 0.5) is 0 Å². The highest BCUT2D eigenvalue weighted by Gasteiger charge is 2.08. The van der Waals surface area contributed by atoms with Crippen LogP contribution in [0.1, 0.15) is 0 Å². The summed E-state index contributed by atoms with van der Waals surface area (Å²) in [7, 11) is 0. The van der Waals surface area contributed by atoms with Crippen LogP contribution in [0.5, 0.6) is 0 Å². The Morgan fingerprint density at radius 2 is 2.31 bits per heavy atom. The first-order valence-corrected chi connectivity index (χ1v) is 7.73. The molecule has 0 fully saturated rings. The average Bonchev–Trinajstić information content (AvgIpc) is 2.83. The summed E-state index contributed by atoms with van der Waals surface area (Å²) in [6.45, 7) is 0. The lowest BCUT2D eigenvalue weighted by molar-refractivity contribution is -0.133. The van der Waals surface area contributed by atoms with E-state index in [4.69, 9.17) is 5.11 Å². The Morgan fingerprint density at radius 1 is 1.50 bits per heavy atom. The second kappa shape index (κ2) is 5.31. The van der Waals surface area contributed by atoms with E-state index in [2.05, 4.69) is 20.9 Å². The third-order valence-corrected chi connectivity index (χ3v) is 5.34. The third-order valence-electron chi connectivity index (χ3n) is 1.62. The van der Waals surface area contributed by atoms with Crippen LogP contribution in [0.25, 0.3) is 10.6 Å². The molecule has 0 aliphatic heterocycles. The molecule has 0 aliphatic carbocycles. The van der Waals surface area contributed by atoms with E-state index in [9.17, 15) is 4.79 Å². The maximum atomic E-state index is 10.4. The Balaban J connectivity index is 2.10. The molecule has 0 aromatic carbocycles. The van der Waals surface area contributed by atoms with Crippen molar-refractivity contribution < 1.29 is 9.90 Å². The smallest absolute Gasteiger partial charge is 0.313 e. The van der Waals surface area contributed by atoms with Crippen LogP contribution in [-0.4, -0.2) is 21.8 Å². The second-order valence-electron chi connectivity index (χ2n) is 2.81. The fourth-order valence-corrected chi connectivity index (χ4v) is 4.02. The van der Waals surface area contributed by atoms with Crippen LogP contribution >= 0.6 is 50.4 Å². The van der Waals surface area contributed by atoms with Crippen molar-refractivity contribution in [3.63, 3.8) is 0 Å². The van der Waals surface area contributed by atoms with E-state index in [0.717, 1.165) is 19.4 Å². The van der Waals surface area contributed by atoms with Crippen LogP contribution < -0.4 is 0 Å². The minimum Gasteiger partial charge on any atom is -0.481 e. The summed E-state index contributed by atoms with van der Waals surface area (Å²) in [5.74, 6) is -0.762. The highest BCUT2D eigenvalue weighted by molar-refractivity contribution is 9.10. The van der Waals surface area contributed by atoms with Crippen molar-refractivity contribution in [2.45, 2.75) is 4.34 Å². The van der Waals surface area contributed by atoms with E-state index in [1.54, 1.807) is 11.3 Å². The third kappa shape index (κ3) is 3.07. The zero-order valence-corrected chi connectivity index (χ0v) is 11.9. The Hall–Kier alpha value is -0.370. The van der Waals surface area contributed by atoms with E-state index < -0.39 is 5.97 Å². The van der Waals surface area contributed by atoms with E-state index >= 15 is 0 Å². The summed E-state index contributed by atoms with van der Waals surface area (Å²) in [5, 5.41) is 12.5. The van der Waals surface area contributed by atoms with Gasteiger partial charge in [-0.2, -0.15) is 0 Å². The molecule has 0 bridgehead atoms. The minimum absolute atomic E-state index is 0.0566. The topological polar surface area (TPSA) is 50.2 Å². The summed E-state index contributed by atoms with van der Waals surface area (Å²) in [4.78, 5) is 15.9. The molecule has 3 nitrogen and oxygen atoms in total. The number of aliphatic carboxylic acids is 1. The Labute approximate surface area is 113 Å². The maximum Gasteiger partial charge on any atom is 0.313 e. The highest BCUT2D eigenvalue weighted by atomic mass is 79.9. The number of nitrogens with zero attached hydrogens (tertiary/aromatic N) is 1. The Morgan fingerprint density at radius 3 is 2.94 bits per heavy atom. The number of carboxylic acids is 1.